The van der Waals surface area contributed by atoms with E-state index in [9.17, 15) is 4.79 Å². The number of rotatable bonds is 3. The van der Waals surface area contributed by atoms with Gasteiger partial charge in [0.15, 0.2) is 0 Å². The van der Waals surface area contributed by atoms with Gasteiger partial charge in [0, 0.05) is 5.57 Å². The maximum atomic E-state index is 10.7. The molecule has 0 N–H and O–H groups in total. The Labute approximate surface area is 75.9 Å². The average Bonchev–Trinajstić information content (AvgIpc) is 1.85. The highest BCUT2D eigenvalue weighted by molar-refractivity contribution is 5.55. The summed E-state index contributed by atoms with van der Waals surface area (Å²) >= 11 is 0. The molecule has 0 aromatic carbocycles. The number of carbonyl (C=O) groups excluding carboxylic acids is 1. The van der Waals surface area contributed by atoms with E-state index < -0.39 is 0 Å². The van der Waals surface area contributed by atoms with Gasteiger partial charge in [0.25, 0.3) is 0 Å². The maximum absolute atomic E-state index is 10.7. The van der Waals surface area contributed by atoms with Crippen LogP contribution in [0.1, 0.15) is 47.5 Å². The van der Waals surface area contributed by atoms with E-state index in [1.807, 2.05) is 0 Å². The van der Waals surface area contributed by atoms with Crippen LogP contribution in [0.15, 0.2) is 5.57 Å². The van der Waals surface area contributed by atoms with Crippen LogP contribution in [-0.4, -0.2) is 5.94 Å². The fraction of sp³-hybridized carbons (Fsp3) is 0.818. The Bertz CT molecular complexity index is 180. The van der Waals surface area contributed by atoms with Gasteiger partial charge in [-0.3, -0.25) is 0 Å². The number of hydrogen-bond donors (Lipinski definition) is 0. The molecule has 0 bridgehead atoms. The van der Waals surface area contributed by atoms with Gasteiger partial charge >= 0.3 is 0 Å². The molecule has 0 rings (SSSR count). The first-order chi connectivity index (χ1) is 5.43. The van der Waals surface area contributed by atoms with Crippen molar-refractivity contribution in [1.82, 2.24) is 0 Å². The van der Waals surface area contributed by atoms with E-state index in [-0.39, 0.29) is 5.41 Å². The van der Waals surface area contributed by atoms with Crippen LogP contribution in [0, 0.1) is 11.3 Å². The molecule has 0 spiro atoms. The van der Waals surface area contributed by atoms with Crippen LogP contribution in [0.3, 0.4) is 0 Å². The van der Waals surface area contributed by atoms with Crippen molar-refractivity contribution >= 4 is 5.94 Å². The zero-order valence-electron chi connectivity index (χ0n) is 8.90. The smallest absolute Gasteiger partial charge is 0.124 e. The normalized spacial score (nSPS) is 13.8. The van der Waals surface area contributed by atoms with Crippen molar-refractivity contribution in [2.45, 2.75) is 47.5 Å². The van der Waals surface area contributed by atoms with Crippen LogP contribution in [0.4, 0.5) is 0 Å². The van der Waals surface area contributed by atoms with Crippen LogP contribution in [0.2, 0.25) is 0 Å². The van der Waals surface area contributed by atoms with Crippen molar-refractivity contribution in [2.75, 3.05) is 0 Å². The third-order valence-electron chi connectivity index (χ3n) is 2.13. The molecule has 70 valence electrons. The van der Waals surface area contributed by atoms with Gasteiger partial charge < -0.3 is 0 Å². The van der Waals surface area contributed by atoms with Crippen LogP contribution >= 0.6 is 0 Å². The van der Waals surface area contributed by atoms with Gasteiger partial charge in [-0.15, -0.1) is 0 Å². The molecule has 1 atom stereocenters. The van der Waals surface area contributed by atoms with E-state index in [1.54, 1.807) is 0 Å². The summed E-state index contributed by atoms with van der Waals surface area (Å²) in [5.41, 5.74) is 0.903. The molecule has 0 saturated heterocycles. The monoisotopic (exact) mass is 168 g/mol. The molecule has 0 radical (unpaired) electrons. The van der Waals surface area contributed by atoms with Crippen LogP contribution in [0.25, 0.3) is 0 Å². The highest BCUT2D eigenvalue weighted by Gasteiger charge is 2.22. The standard InChI is InChI=1S/C11H20O/c1-6-7-9(2)10(8-12)11(3,4)5/h9H,6-7H2,1-5H3. The summed E-state index contributed by atoms with van der Waals surface area (Å²) in [6.45, 7) is 10.5. The molecule has 0 fully saturated rings. The first-order valence-corrected chi connectivity index (χ1v) is 4.69. The van der Waals surface area contributed by atoms with E-state index in [0.29, 0.717) is 5.92 Å². The van der Waals surface area contributed by atoms with Gasteiger partial charge in [0.05, 0.1) is 0 Å². The van der Waals surface area contributed by atoms with E-state index in [2.05, 4.69) is 40.6 Å². The lowest BCUT2D eigenvalue weighted by atomic mass is 9.79. The molecule has 1 heteroatoms. The van der Waals surface area contributed by atoms with Crippen molar-refractivity contribution in [3.8, 4) is 0 Å². The van der Waals surface area contributed by atoms with Crippen LogP contribution < -0.4 is 0 Å². The Morgan fingerprint density at radius 3 is 2.17 bits per heavy atom. The molecule has 0 aromatic heterocycles. The Morgan fingerprint density at radius 2 is 1.92 bits per heavy atom. The Morgan fingerprint density at radius 1 is 1.42 bits per heavy atom. The van der Waals surface area contributed by atoms with Crippen molar-refractivity contribution in [2.24, 2.45) is 11.3 Å². The van der Waals surface area contributed by atoms with Gasteiger partial charge in [-0.1, -0.05) is 41.0 Å². The van der Waals surface area contributed by atoms with Gasteiger partial charge in [0.2, 0.25) is 0 Å². The fourth-order valence-corrected chi connectivity index (χ4v) is 1.57. The van der Waals surface area contributed by atoms with Crippen molar-refractivity contribution in [3.63, 3.8) is 0 Å². The predicted molar refractivity (Wildman–Crippen MR) is 52.7 cm³/mol. The number of hydrogen-bond acceptors (Lipinski definition) is 1. The number of allylic oxidation sites excluding steroid dienone is 1. The molecule has 0 aliphatic rings. The molecule has 0 heterocycles. The molecular formula is C11H20O. The second kappa shape index (κ2) is 4.47. The molecule has 0 aliphatic carbocycles. The minimum atomic E-state index is -0.0175. The minimum Gasteiger partial charge on any atom is -0.234 e. The van der Waals surface area contributed by atoms with E-state index in [4.69, 9.17) is 0 Å². The SMILES string of the molecule is CCCC(C)C(=C=O)C(C)(C)C. The fourth-order valence-electron chi connectivity index (χ4n) is 1.57. The third-order valence-corrected chi connectivity index (χ3v) is 2.13. The second-order valence-corrected chi connectivity index (χ2v) is 4.46. The summed E-state index contributed by atoms with van der Waals surface area (Å²) in [6.07, 6.45) is 2.21. The summed E-state index contributed by atoms with van der Waals surface area (Å²) in [5, 5.41) is 0. The molecule has 0 aliphatic heterocycles. The zero-order chi connectivity index (χ0) is 9.78. The van der Waals surface area contributed by atoms with E-state index >= 15 is 0 Å². The Hall–Kier alpha value is -0.550. The lowest BCUT2D eigenvalue weighted by molar-refractivity contribution is 0.420. The van der Waals surface area contributed by atoms with Crippen molar-refractivity contribution < 1.29 is 4.79 Å². The molecule has 0 amide bonds. The summed E-state index contributed by atoms with van der Waals surface area (Å²) in [5.74, 6) is 2.48. The third kappa shape index (κ3) is 3.23. The molecule has 12 heavy (non-hydrogen) atoms. The maximum Gasteiger partial charge on any atom is 0.124 e. The first kappa shape index (κ1) is 11.4. The molecule has 1 nitrogen and oxygen atoms in total. The highest BCUT2D eigenvalue weighted by atomic mass is 16.1. The largest absolute Gasteiger partial charge is 0.234 e. The quantitative estimate of drug-likeness (QED) is 0.591. The van der Waals surface area contributed by atoms with E-state index in [1.165, 1.54) is 0 Å². The first-order valence-electron chi connectivity index (χ1n) is 4.69. The van der Waals surface area contributed by atoms with Gasteiger partial charge in [-0.05, 0) is 17.8 Å². The average molecular weight is 168 g/mol. The molecule has 1 unspecified atom stereocenters. The zero-order valence-corrected chi connectivity index (χ0v) is 8.90. The van der Waals surface area contributed by atoms with Crippen molar-refractivity contribution in [3.05, 3.63) is 5.57 Å². The summed E-state index contributed by atoms with van der Waals surface area (Å²) in [6, 6.07) is 0. The molecule has 0 saturated carbocycles. The topological polar surface area (TPSA) is 17.1 Å². The predicted octanol–water partition coefficient (Wildman–Crippen LogP) is 3.23. The van der Waals surface area contributed by atoms with E-state index in [0.717, 1.165) is 18.4 Å². The highest BCUT2D eigenvalue weighted by Crippen LogP contribution is 2.31. The van der Waals surface area contributed by atoms with Crippen molar-refractivity contribution in [1.29, 1.82) is 0 Å². The summed E-state index contributed by atoms with van der Waals surface area (Å²) in [7, 11) is 0. The molecular weight excluding hydrogens is 148 g/mol. The van der Waals surface area contributed by atoms with Crippen LogP contribution in [-0.2, 0) is 4.79 Å². The Kier molecular flexibility index (Phi) is 4.26. The summed E-state index contributed by atoms with van der Waals surface area (Å²) < 4.78 is 0. The lowest BCUT2D eigenvalue weighted by Crippen LogP contribution is -2.16. The van der Waals surface area contributed by atoms with Gasteiger partial charge in [-0.2, -0.15) is 0 Å². The van der Waals surface area contributed by atoms with Crippen LogP contribution in [0.5, 0.6) is 0 Å². The van der Waals surface area contributed by atoms with Gasteiger partial charge in [-0.25, -0.2) is 4.79 Å². The second-order valence-electron chi connectivity index (χ2n) is 4.46. The Balaban J connectivity index is 4.49. The lowest BCUT2D eigenvalue weighted by Gasteiger charge is -2.24. The minimum absolute atomic E-state index is 0.0175. The molecule has 0 aromatic rings. The van der Waals surface area contributed by atoms with Gasteiger partial charge in [0.1, 0.15) is 5.94 Å². The summed E-state index contributed by atoms with van der Waals surface area (Å²) in [4.78, 5) is 10.7.